The zero-order valence-electron chi connectivity index (χ0n) is 12.3. The van der Waals surface area contributed by atoms with Crippen molar-refractivity contribution >= 4 is 0 Å². The van der Waals surface area contributed by atoms with Crippen LogP contribution in [0.3, 0.4) is 0 Å². The Labute approximate surface area is 112 Å². The van der Waals surface area contributed by atoms with E-state index in [1.165, 1.54) is 38.9 Å². The summed E-state index contributed by atoms with van der Waals surface area (Å²) in [5.41, 5.74) is 0. The first-order chi connectivity index (χ1) is 8.74. The normalized spacial score (nSPS) is 38.2. The molecule has 0 amide bonds. The highest BCUT2D eigenvalue weighted by atomic mass is 16.5. The van der Waals surface area contributed by atoms with Gasteiger partial charge in [-0.2, -0.15) is 0 Å². The lowest BCUT2D eigenvalue weighted by atomic mass is 9.91. The molecule has 4 atom stereocenters. The van der Waals surface area contributed by atoms with Gasteiger partial charge in [0.15, 0.2) is 0 Å². The molecule has 0 aromatic rings. The van der Waals surface area contributed by atoms with E-state index in [0.29, 0.717) is 6.10 Å². The first kappa shape index (κ1) is 14.3. The highest BCUT2D eigenvalue weighted by Gasteiger charge is 2.31. The van der Waals surface area contributed by atoms with Crippen LogP contribution >= 0.6 is 0 Å². The summed E-state index contributed by atoms with van der Waals surface area (Å²) in [6.45, 7) is 12.7. The molecule has 0 aromatic heterocycles. The average Bonchev–Trinajstić information content (AvgIpc) is 2.80. The molecule has 2 saturated heterocycles. The molecule has 4 unspecified atom stereocenters. The zero-order valence-corrected chi connectivity index (χ0v) is 12.3. The zero-order chi connectivity index (χ0) is 13.0. The van der Waals surface area contributed by atoms with Crippen molar-refractivity contribution in [1.82, 2.24) is 10.2 Å². The molecule has 0 aliphatic carbocycles. The van der Waals surface area contributed by atoms with Crippen molar-refractivity contribution < 1.29 is 4.74 Å². The summed E-state index contributed by atoms with van der Waals surface area (Å²) in [7, 11) is 0. The first-order valence-electron chi connectivity index (χ1n) is 7.81. The van der Waals surface area contributed by atoms with E-state index in [1.54, 1.807) is 0 Å². The molecule has 0 radical (unpaired) electrons. The van der Waals surface area contributed by atoms with Crippen molar-refractivity contribution in [3.05, 3.63) is 0 Å². The number of nitrogens with one attached hydrogen (secondary N) is 1. The van der Waals surface area contributed by atoms with E-state index in [4.69, 9.17) is 4.74 Å². The summed E-state index contributed by atoms with van der Waals surface area (Å²) in [5, 5.41) is 3.62. The molecule has 2 aliphatic heterocycles. The molecule has 2 aliphatic rings. The summed E-state index contributed by atoms with van der Waals surface area (Å²) in [5.74, 6) is 1.55. The van der Waals surface area contributed by atoms with Gasteiger partial charge in [-0.05, 0) is 44.2 Å². The minimum Gasteiger partial charge on any atom is -0.378 e. The number of ether oxygens (including phenoxy) is 1. The number of piperidine rings is 1. The van der Waals surface area contributed by atoms with Crippen LogP contribution in [0.25, 0.3) is 0 Å². The van der Waals surface area contributed by atoms with Gasteiger partial charge in [-0.3, -0.25) is 0 Å². The van der Waals surface area contributed by atoms with Crippen molar-refractivity contribution in [2.45, 2.75) is 52.2 Å². The van der Waals surface area contributed by atoms with Crippen LogP contribution in [0.4, 0.5) is 0 Å². The van der Waals surface area contributed by atoms with Crippen LogP contribution < -0.4 is 5.32 Å². The Morgan fingerprint density at radius 3 is 2.78 bits per heavy atom. The van der Waals surface area contributed by atoms with E-state index >= 15 is 0 Å². The van der Waals surface area contributed by atoms with Gasteiger partial charge in [0.2, 0.25) is 0 Å². The summed E-state index contributed by atoms with van der Waals surface area (Å²) < 4.78 is 5.80. The minimum atomic E-state index is 0.520. The van der Waals surface area contributed by atoms with Gasteiger partial charge in [-0.25, -0.2) is 0 Å². The third-order valence-corrected chi connectivity index (χ3v) is 4.70. The average molecular weight is 254 g/mol. The van der Waals surface area contributed by atoms with Crippen LogP contribution in [0, 0.1) is 11.8 Å². The summed E-state index contributed by atoms with van der Waals surface area (Å²) in [6, 6.07) is 0.730. The molecule has 0 bridgehead atoms. The van der Waals surface area contributed by atoms with Crippen molar-refractivity contribution in [2.24, 2.45) is 11.8 Å². The standard InChI is InChI=1S/C15H30N2O/c1-4-15-13(7-9-18-15)11-17-8-6-14(16-5-2)12(3)10-17/h12-16H,4-11H2,1-3H3. The van der Waals surface area contributed by atoms with E-state index < -0.39 is 0 Å². The molecule has 0 spiro atoms. The highest BCUT2D eigenvalue weighted by Crippen LogP contribution is 2.26. The van der Waals surface area contributed by atoms with E-state index in [9.17, 15) is 0 Å². The monoisotopic (exact) mass is 254 g/mol. The topological polar surface area (TPSA) is 24.5 Å². The number of rotatable bonds is 5. The Bertz CT molecular complexity index is 247. The Morgan fingerprint density at radius 2 is 2.11 bits per heavy atom. The fourth-order valence-electron chi connectivity index (χ4n) is 3.65. The van der Waals surface area contributed by atoms with Crippen LogP contribution in [-0.4, -0.2) is 49.8 Å². The quantitative estimate of drug-likeness (QED) is 0.813. The molecular weight excluding hydrogens is 224 g/mol. The Hall–Kier alpha value is -0.120. The molecule has 18 heavy (non-hydrogen) atoms. The van der Waals surface area contributed by atoms with E-state index in [-0.39, 0.29) is 0 Å². The lowest BCUT2D eigenvalue weighted by Gasteiger charge is -2.38. The number of nitrogens with zero attached hydrogens (tertiary/aromatic N) is 1. The van der Waals surface area contributed by atoms with Gasteiger partial charge >= 0.3 is 0 Å². The van der Waals surface area contributed by atoms with Gasteiger partial charge in [0.25, 0.3) is 0 Å². The molecular formula is C15H30N2O. The number of hydrogen-bond acceptors (Lipinski definition) is 3. The van der Waals surface area contributed by atoms with Crippen molar-refractivity contribution in [3.8, 4) is 0 Å². The highest BCUT2D eigenvalue weighted by molar-refractivity contribution is 4.85. The van der Waals surface area contributed by atoms with Crippen LogP contribution in [0.15, 0.2) is 0 Å². The fourth-order valence-corrected chi connectivity index (χ4v) is 3.65. The SMILES string of the molecule is CCNC1CCN(CC2CCOC2CC)CC1C. The van der Waals surface area contributed by atoms with Crippen LogP contribution in [0.1, 0.15) is 40.0 Å². The number of hydrogen-bond donors (Lipinski definition) is 1. The van der Waals surface area contributed by atoms with Gasteiger partial charge in [0.05, 0.1) is 6.10 Å². The third kappa shape index (κ3) is 3.46. The lowest BCUT2D eigenvalue weighted by Crippen LogP contribution is -2.49. The maximum atomic E-state index is 5.80. The Balaban J connectivity index is 1.78. The fraction of sp³-hybridized carbons (Fsp3) is 1.00. The lowest BCUT2D eigenvalue weighted by molar-refractivity contribution is 0.0640. The predicted molar refractivity (Wildman–Crippen MR) is 75.8 cm³/mol. The van der Waals surface area contributed by atoms with Crippen LogP contribution in [-0.2, 0) is 4.74 Å². The molecule has 0 aromatic carbocycles. The maximum Gasteiger partial charge on any atom is 0.0613 e. The molecule has 3 heteroatoms. The Kier molecular flexibility index (Phi) is 5.46. The van der Waals surface area contributed by atoms with Crippen molar-refractivity contribution in [2.75, 3.05) is 32.8 Å². The molecule has 1 N–H and O–H groups in total. The second kappa shape index (κ2) is 6.88. The second-order valence-electron chi connectivity index (χ2n) is 6.06. The number of likely N-dealkylation sites (tertiary alicyclic amines) is 1. The molecule has 106 valence electrons. The molecule has 3 nitrogen and oxygen atoms in total. The largest absolute Gasteiger partial charge is 0.378 e. The smallest absolute Gasteiger partial charge is 0.0613 e. The van der Waals surface area contributed by atoms with Crippen LogP contribution in [0.2, 0.25) is 0 Å². The second-order valence-corrected chi connectivity index (χ2v) is 6.06. The summed E-state index contributed by atoms with van der Waals surface area (Å²) in [4.78, 5) is 2.67. The van der Waals surface area contributed by atoms with Gasteiger partial charge in [-0.15, -0.1) is 0 Å². The Morgan fingerprint density at radius 1 is 1.28 bits per heavy atom. The van der Waals surface area contributed by atoms with Gasteiger partial charge in [0, 0.05) is 25.7 Å². The van der Waals surface area contributed by atoms with Crippen LogP contribution in [0.5, 0.6) is 0 Å². The van der Waals surface area contributed by atoms with Gasteiger partial charge < -0.3 is 15.0 Å². The van der Waals surface area contributed by atoms with Crippen molar-refractivity contribution in [1.29, 1.82) is 0 Å². The molecule has 2 rings (SSSR count). The molecule has 0 saturated carbocycles. The van der Waals surface area contributed by atoms with Gasteiger partial charge in [-0.1, -0.05) is 20.8 Å². The minimum absolute atomic E-state index is 0.520. The van der Waals surface area contributed by atoms with E-state index in [2.05, 4.69) is 31.0 Å². The van der Waals surface area contributed by atoms with E-state index in [1.807, 2.05) is 0 Å². The first-order valence-corrected chi connectivity index (χ1v) is 7.81. The van der Waals surface area contributed by atoms with E-state index in [0.717, 1.165) is 31.0 Å². The summed E-state index contributed by atoms with van der Waals surface area (Å²) in [6.07, 6.45) is 4.26. The third-order valence-electron chi connectivity index (χ3n) is 4.70. The van der Waals surface area contributed by atoms with Crippen molar-refractivity contribution in [3.63, 3.8) is 0 Å². The molecule has 2 fully saturated rings. The molecule has 2 heterocycles. The van der Waals surface area contributed by atoms with Gasteiger partial charge in [0.1, 0.15) is 0 Å². The summed E-state index contributed by atoms with van der Waals surface area (Å²) >= 11 is 0. The predicted octanol–water partition coefficient (Wildman–Crippen LogP) is 2.12. The maximum absolute atomic E-state index is 5.80.